The Labute approximate surface area is 109 Å². The number of aliphatic carboxylic acids is 1. The molecule has 1 aromatic carbocycles. The van der Waals surface area contributed by atoms with Crippen LogP contribution in [0.5, 0.6) is 0 Å². The molecule has 3 nitrogen and oxygen atoms in total. The summed E-state index contributed by atoms with van der Waals surface area (Å²) in [6, 6.07) is 7.64. The van der Waals surface area contributed by atoms with Crippen LogP contribution >= 0.6 is 0 Å². The lowest BCUT2D eigenvalue weighted by Crippen LogP contribution is -2.49. The van der Waals surface area contributed by atoms with Crippen LogP contribution in [0, 0.1) is 12.3 Å². The van der Waals surface area contributed by atoms with Crippen molar-refractivity contribution in [2.45, 2.75) is 40.2 Å². The monoisotopic (exact) mass is 249 g/mol. The highest BCUT2D eigenvalue weighted by Gasteiger charge is 2.35. The molecule has 0 heterocycles. The Balaban J connectivity index is 3.04. The number of hydrogen-bond donors (Lipinski definition) is 2. The predicted octanol–water partition coefficient (Wildman–Crippen LogP) is 2.93. The van der Waals surface area contributed by atoms with Crippen LogP contribution in [0.4, 0.5) is 0 Å². The fourth-order valence-corrected chi connectivity index (χ4v) is 1.70. The van der Waals surface area contributed by atoms with Crippen molar-refractivity contribution in [2.75, 3.05) is 6.54 Å². The van der Waals surface area contributed by atoms with Crippen molar-refractivity contribution < 1.29 is 9.90 Å². The summed E-state index contributed by atoms with van der Waals surface area (Å²) >= 11 is 0. The number of carbonyl (C=O) groups is 1. The molecular formula is C15H23NO2. The van der Waals surface area contributed by atoms with Crippen molar-refractivity contribution in [3.05, 3.63) is 35.4 Å². The molecule has 1 unspecified atom stereocenters. The van der Waals surface area contributed by atoms with Crippen molar-refractivity contribution in [1.29, 1.82) is 0 Å². The lowest BCUT2D eigenvalue weighted by molar-refractivity contribution is -0.144. The average Bonchev–Trinajstić information content (AvgIpc) is 2.24. The molecule has 0 bridgehead atoms. The highest BCUT2D eigenvalue weighted by atomic mass is 16.4. The van der Waals surface area contributed by atoms with Gasteiger partial charge in [0.05, 0.1) is 0 Å². The predicted molar refractivity (Wildman–Crippen MR) is 73.6 cm³/mol. The number of rotatable bonds is 4. The van der Waals surface area contributed by atoms with Gasteiger partial charge in [0.15, 0.2) is 0 Å². The molecule has 0 fully saturated rings. The van der Waals surface area contributed by atoms with Crippen LogP contribution in [-0.2, 0) is 10.3 Å². The molecule has 0 saturated carbocycles. The maximum absolute atomic E-state index is 11.6. The van der Waals surface area contributed by atoms with E-state index in [1.165, 1.54) is 0 Å². The topological polar surface area (TPSA) is 49.3 Å². The summed E-state index contributed by atoms with van der Waals surface area (Å²) in [6.45, 7) is 10.6. The zero-order valence-electron chi connectivity index (χ0n) is 11.9. The smallest absolute Gasteiger partial charge is 0.328 e. The molecule has 18 heavy (non-hydrogen) atoms. The molecule has 0 spiro atoms. The fourth-order valence-electron chi connectivity index (χ4n) is 1.70. The molecule has 0 aromatic heterocycles. The second kappa shape index (κ2) is 5.11. The van der Waals surface area contributed by atoms with Gasteiger partial charge >= 0.3 is 5.97 Å². The van der Waals surface area contributed by atoms with E-state index in [9.17, 15) is 9.90 Å². The minimum absolute atomic E-state index is 0.0422. The third kappa shape index (κ3) is 3.57. The number of hydrogen-bond acceptors (Lipinski definition) is 2. The summed E-state index contributed by atoms with van der Waals surface area (Å²) < 4.78 is 0. The zero-order valence-corrected chi connectivity index (χ0v) is 11.9. The Bertz CT molecular complexity index is 434. The SMILES string of the molecule is Cc1cccc(C(C)(NCC(C)(C)C)C(=O)O)c1. The van der Waals surface area contributed by atoms with E-state index in [0.717, 1.165) is 11.1 Å². The van der Waals surface area contributed by atoms with Gasteiger partial charge in [0.2, 0.25) is 0 Å². The van der Waals surface area contributed by atoms with E-state index < -0.39 is 11.5 Å². The van der Waals surface area contributed by atoms with Crippen molar-refractivity contribution >= 4 is 5.97 Å². The van der Waals surface area contributed by atoms with E-state index in [1.54, 1.807) is 6.92 Å². The van der Waals surface area contributed by atoms with Crippen LogP contribution in [0.25, 0.3) is 0 Å². The maximum atomic E-state index is 11.6. The van der Waals surface area contributed by atoms with Gasteiger partial charge in [0, 0.05) is 6.54 Å². The minimum atomic E-state index is -1.04. The van der Waals surface area contributed by atoms with Gasteiger partial charge in [-0.3, -0.25) is 5.32 Å². The summed E-state index contributed by atoms with van der Waals surface area (Å²) in [6.07, 6.45) is 0. The first-order valence-corrected chi connectivity index (χ1v) is 6.21. The Kier molecular flexibility index (Phi) is 4.17. The van der Waals surface area contributed by atoms with Crippen molar-refractivity contribution in [1.82, 2.24) is 5.32 Å². The first-order valence-electron chi connectivity index (χ1n) is 6.21. The standard InChI is InChI=1S/C15H23NO2/c1-11-7-6-8-12(9-11)15(5,13(17)18)16-10-14(2,3)4/h6-9,16H,10H2,1-5H3,(H,17,18). The Morgan fingerprint density at radius 2 is 1.89 bits per heavy atom. The largest absolute Gasteiger partial charge is 0.480 e. The Morgan fingerprint density at radius 3 is 2.33 bits per heavy atom. The van der Waals surface area contributed by atoms with E-state index in [1.807, 2.05) is 31.2 Å². The zero-order chi connectivity index (χ0) is 14.0. The fraction of sp³-hybridized carbons (Fsp3) is 0.533. The number of benzene rings is 1. The molecule has 0 aliphatic heterocycles. The van der Waals surface area contributed by atoms with Crippen molar-refractivity contribution in [2.24, 2.45) is 5.41 Å². The molecule has 100 valence electrons. The van der Waals surface area contributed by atoms with Gasteiger partial charge in [0.1, 0.15) is 5.54 Å². The van der Waals surface area contributed by atoms with Crippen LogP contribution < -0.4 is 5.32 Å². The quantitative estimate of drug-likeness (QED) is 0.862. The van der Waals surface area contributed by atoms with Crippen molar-refractivity contribution in [3.63, 3.8) is 0 Å². The number of aryl methyl sites for hydroxylation is 1. The molecule has 1 atom stereocenters. The second-order valence-corrected chi connectivity index (χ2v) is 6.21. The summed E-state index contributed by atoms with van der Waals surface area (Å²) in [5.74, 6) is -0.850. The molecule has 1 rings (SSSR count). The van der Waals surface area contributed by atoms with Crippen LogP contribution in [0.15, 0.2) is 24.3 Å². The number of carboxylic acid groups (broad SMARTS) is 1. The molecular weight excluding hydrogens is 226 g/mol. The van der Waals surface area contributed by atoms with Gasteiger partial charge in [-0.2, -0.15) is 0 Å². The molecule has 0 radical (unpaired) electrons. The number of carboxylic acids is 1. The highest BCUT2D eigenvalue weighted by molar-refractivity contribution is 5.80. The molecule has 0 saturated heterocycles. The first kappa shape index (κ1) is 14.7. The third-order valence-corrected chi connectivity index (χ3v) is 3.00. The van der Waals surface area contributed by atoms with E-state index in [0.29, 0.717) is 6.54 Å². The Hall–Kier alpha value is -1.35. The van der Waals surface area contributed by atoms with E-state index in [-0.39, 0.29) is 5.41 Å². The van der Waals surface area contributed by atoms with Crippen LogP contribution in [0.1, 0.15) is 38.8 Å². The molecule has 1 aromatic rings. The lowest BCUT2D eigenvalue weighted by Gasteiger charge is -2.31. The van der Waals surface area contributed by atoms with Gasteiger partial charge in [-0.05, 0) is 24.8 Å². The molecule has 3 heteroatoms. The third-order valence-electron chi connectivity index (χ3n) is 3.00. The average molecular weight is 249 g/mol. The van der Waals surface area contributed by atoms with E-state index in [2.05, 4.69) is 26.1 Å². The van der Waals surface area contributed by atoms with Crippen LogP contribution in [0.2, 0.25) is 0 Å². The van der Waals surface area contributed by atoms with Gasteiger partial charge < -0.3 is 5.11 Å². The summed E-state index contributed by atoms with van der Waals surface area (Å²) in [5, 5.41) is 12.7. The van der Waals surface area contributed by atoms with E-state index in [4.69, 9.17) is 0 Å². The molecule has 0 aliphatic carbocycles. The summed E-state index contributed by atoms with van der Waals surface area (Å²) in [4.78, 5) is 11.6. The van der Waals surface area contributed by atoms with Gasteiger partial charge in [0.25, 0.3) is 0 Å². The second-order valence-electron chi connectivity index (χ2n) is 6.21. The molecule has 0 aliphatic rings. The maximum Gasteiger partial charge on any atom is 0.328 e. The van der Waals surface area contributed by atoms with Crippen LogP contribution in [-0.4, -0.2) is 17.6 Å². The van der Waals surface area contributed by atoms with Crippen LogP contribution in [0.3, 0.4) is 0 Å². The highest BCUT2D eigenvalue weighted by Crippen LogP contribution is 2.24. The van der Waals surface area contributed by atoms with Gasteiger partial charge in [-0.1, -0.05) is 50.6 Å². The minimum Gasteiger partial charge on any atom is -0.480 e. The van der Waals surface area contributed by atoms with Crippen molar-refractivity contribution in [3.8, 4) is 0 Å². The van der Waals surface area contributed by atoms with Gasteiger partial charge in [-0.25, -0.2) is 4.79 Å². The Morgan fingerprint density at radius 1 is 1.28 bits per heavy atom. The molecule has 0 amide bonds. The normalized spacial score (nSPS) is 15.2. The summed E-state index contributed by atoms with van der Waals surface area (Å²) in [7, 11) is 0. The first-order chi connectivity index (χ1) is 8.15. The summed E-state index contributed by atoms with van der Waals surface area (Å²) in [5.41, 5.74) is 0.858. The lowest BCUT2D eigenvalue weighted by atomic mass is 9.88. The number of nitrogens with one attached hydrogen (secondary N) is 1. The van der Waals surface area contributed by atoms with E-state index >= 15 is 0 Å². The van der Waals surface area contributed by atoms with Gasteiger partial charge in [-0.15, -0.1) is 0 Å². The molecule has 2 N–H and O–H groups in total.